The van der Waals surface area contributed by atoms with Gasteiger partial charge in [0.05, 0.1) is 0 Å². The summed E-state index contributed by atoms with van der Waals surface area (Å²) in [7, 11) is 2.04. The minimum atomic E-state index is 0.597. The molecule has 0 saturated heterocycles. The molecule has 0 saturated carbocycles. The zero-order chi connectivity index (χ0) is 12.3. The molecule has 0 aromatic heterocycles. The molecule has 1 aliphatic heterocycles. The molecule has 0 fully saturated rings. The molecule has 1 aliphatic rings. The summed E-state index contributed by atoms with van der Waals surface area (Å²) in [5, 5.41) is 3.31. The van der Waals surface area contributed by atoms with E-state index in [2.05, 4.69) is 48.3 Å². The van der Waals surface area contributed by atoms with Crippen LogP contribution in [0, 0.1) is 5.92 Å². The zero-order valence-electron chi connectivity index (χ0n) is 11.2. The first kappa shape index (κ1) is 12.4. The first-order valence-corrected chi connectivity index (χ1v) is 6.71. The van der Waals surface area contributed by atoms with Crippen molar-refractivity contribution in [3.05, 3.63) is 29.8 Å². The summed E-state index contributed by atoms with van der Waals surface area (Å²) < 4.78 is 0. The molecule has 0 amide bonds. The lowest BCUT2D eigenvalue weighted by Gasteiger charge is -2.35. The largest absolute Gasteiger partial charge is 0.371 e. The lowest BCUT2D eigenvalue weighted by Crippen LogP contribution is -2.37. The average molecular weight is 232 g/mol. The molecule has 2 rings (SSSR count). The van der Waals surface area contributed by atoms with Gasteiger partial charge in [-0.1, -0.05) is 25.1 Å². The molecule has 1 aromatic rings. The van der Waals surface area contributed by atoms with Crippen molar-refractivity contribution >= 4 is 5.69 Å². The SMILES string of the molecule is CNC(C)CCN1CC(C)Cc2ccccc21. The lowest BCUT2D eigenvalue weighted by molar-refractivity contribution is 0.499. The molecule has 1 heterocycles. The second-order valence-electron chi connectivity index (χ2n) is 5.36. The Morgan fingerprint density at radius 3 is 2.94 bits per heavy atom. The fraction of sp³-hybridized carbons (Fsp3) is 0.600. The van der Waals surface area contributed by atoms with E-state index in [1.54, 1.807) is 0 Å². The van der Waals surface area contributed by atoms with Gasteiger partial charge in [-0.2, -0.15) is 0 Å². The molecule has 0 radical (unpaired) electrons. The summed E-state index contributed by atoms with van der Waals surface area (Å²) in [6, 6.07) is 9.46. The molecule has 1 aromatic carbocycles. The van der Waals surface area contributed by atoms with Crippen LogP contribution in [0.25, 0.3) is 0 Å². The summed E-state index contributed by atoms with van der Waals surface area (Å²) in [4.78, 5) is 2.55. The number of benzene rings is 1. The quantitative estimate of drug-likeness (QED) is 0.858. The highest BCUT2D eigenvalue weighted by Crippen LogP contribution is 2.29. The Bertz CT molecular complexity index is 362. The maximum atomic E-state index is 3.31. The van der Waals surface area contributed by atoms with Crippen molar-refractivity contribution in [3.63, 3.8) is 0 Å². The number of anilines is 1. The van der Waals surface area contributed by atoms with Crippen molar-refractivity contribution < 1.29 is 0 Å². The lowest BCUT2D eigenvalue weighted by atomic mass is 9.93. The van der Waals surface area contributed by atoms with Crippen molar-refractivity contribution in [2.75, 3.05) is 25.0 Å². The van der Waals surface area contributed by atoms with Crippen molar-refractivity contribution in [1.82, 2.24) is 5.32 Å². The molecule has 2 heteroatoms. The third-order valence-electron chi connectivity index (χ3n) is 3.76. The van der Waals surface area contributed by atoms with Crippen LogP contribution in [0.1, 0.15) is 25.8 Å². The topological polar surface area (TPSA) is 15.3 Å². The molecule has 0 aliphatic carbocycles. The number of nitrogens with zero attached hydrogens (tertiary/aromatic N) is 1. The van der Waals surface area contributed by atoms with Crippen molar-refractivity contribution in [3.8, 4) is 0 Å². The van der Waals surface area contributed by atoms with E-state index < -0.39 is 0 Å². The van der Waals surface area contributed by atoms with Gasteiger partial charge in [-0.3, -0.25) is 0 Å². The van der Waals surface area contributed by atoms with Gasteiger partial charge in [-0.15, -0.1) is 0 Å². The van der Waals surface area contributed by atoms with Crippen LogP contribution in [0.15, 0.2) is 24.3 Å². The monoisotopic (exact) mass is 232 g/mol. The van der Waals surface area contributed by atoms with E-state index in [-0.39, 0.29) is 0 Å². The van der Waals surface area contributed by atoms with E-state index in [0.717, 1.165) is 12.5 Å². The molecule has 1 N–H and O–H groups in total. The van der Waals surface area contributed by atoms with Crippen LogP contribution in [0.2, 0.25) is 0 Å². The van der Waals surface area contributed by atoms with E-state index in [4.69, 9.17) is 0 Å². The fourth-order valence-corrected chi connectivity index (χ4v) is 2.61. The summed E-state index contributed by atoms with van der Waals surface area (Å²) in [6.45, 7) is 6.96. The van der Waals surface area contributed by atoms with E-state index in [1.807, 2.05) is 7.05 Å². The second-order valence-corrected chi connectivity index (χ2v) is 5.36. The third kappa shape index (κ3) is 3.01. The van der Waals surface area contributed by atoms with Gasteiger partial charge < -0.3 is 10.2 Å². The number of rotatable bonds is 4. The highest BCUT2D eigenvalue weighted by Gasteiger charge is 2.21. The van der Waals surface area contributed by atoms with Crippen LogP contribution in [0.3, 0.4) is 0 Å². The molecule has 2 nitrogen and oxygen atoms in total. The smallest absolute Gasteiger partial charge is 0.0398 e. The van der Waals surface area contributed by atoms with Crippen LogP contribution in [-0.2, 0) is 6.42 Å². The van der Waals surface area contributed by atoms with Gasteiger partial charge in [-0.25, -0.2) is 0 Å². The number of hydrogen-bond acceptors (Lipinski definition) is 2. The number of nitrogens with one attached hydrogen (secondary N) is 1. The van der Waals surface area contributed by atoms with Crippen molar-refractivity contribution in [1.29, 1.82) is 0 Å². The van der Waals surface area contributed by atoms with E-state index in [1.165, 1.54) is 30.6 Å². The van der Waals surface area contributed by atoms with Gasteiger partial charge in [0.15, 0.2) is 0 Å². The Labute approximate surface area is 105 Å². The van der Waals surface area contributed by atoms with Gasteiger partial charge in [0, 0.05) is 24.8 Å². The Balaban J connectivity index is 2.07. The zero-order valence-corrected chi connectivity index (χ0v) is 11.2. The molecule has 0 spiro atoms. The van der Waals surface area contributed by atoms with E-state index >= 15 is 0 Å². The molecule has 17 heavy (non-hydrogen) atoms. The van der Waals surface area contributed by atoms with E-state index in [0.29, 0.717) is 6.04 Å². The minimum absolute atomic E-state index is 0.597. The second kappa shape index (κ2) is 5.54. The van der Waals surface area contributed by atoms with Gasteiger partial charge in [-0.05, 0) is 44.4 Å². The molecule has 2 unspecified atom stereocenters. The van der Waals surface area contributed by atoms with Crippen molar-refractivity contribution in [2.45, 2.75) is 32.7 Å². The molecular formula is C15H24N2. The van der Waals surface area contributed by atoms with Crippen LogP contribution >= 0.6 is 0 Å². The first-order chi connectivity index (χ1) is 8.20. The summed E-state index contributed by atoms with van der Waals surface area (Å²) in [6.07, 6.45) is 2.44. The summed E-state index contributed by atoms with van der Waals surface area (Å²) in [5.41, 5.74) is 2.97. The Morgan fingerprint density at radius 2 is 2.18 bits per heavy atom. The number of para-hydroxylation sites is 1. The maximum absolute atomic E-state index is 3.31. The van der Waals surface area contributed by atoms with Gasteiger partial charge in [0.1, 0.15) is 0 Å². The highest BCUT2D eigenvalue weighted by molar-refractivity contribution is 5.55. The standard InChI is InChI=1S/C15H24N2/c1-12-10-14-6-4-5-7-15(14)17(11-12)9-8-13(2)16-3/h4-7,12-13,16H,8-11H2,1-3H3. The molecule has 94 valence electrons. The summed E-state index contributed by atoms with van der Waals surface area (Å²) >= 11 is 0. The fourth-order valence-electron chi connectivity index (χ4n) is 2.61. The predicted octanol–water partition coefficient (Wildman–Crippen LogP) is 2.68. The minimum Gasteiger partial charge on any atom is -0.371 e. The number of hydrogen-bond donors (Lipinski definition) is 1. The first-order valence-electron chi connectivity index (χ1n) is 6.71. The Kier molecular flexibility index (Phi) is 4.06. The summed E-state index contributed by atoms with van der Waals surface area (Å²) in [5.74, 6) is 0.773. The van der Waals surface area contributed by atoms with Crippen LogP contribution in [0.4, 0.5) is 5.69 Å². The number of fused-ring (bicyclic) bond motifs is 1. The van der Waals surface area contributed by atoms with E-state index in [9.17, 15) is 0 Å². The maximum Gasteiger partial charge on any atom is 0.0398 e. The predicted molar refractivity (Wildman–Crippen MR) is 74.7 cm³/mol. The molecule has 0 bridgehead atoms. The van der Waals surface area contributed by atoms with Crippen LogP contribution < -0.4 is 10.2 Å². The van der Waals surface area contributed by atoms with Gasteiger partial charge in [0.2, 0.25) is 0 Å². The molecule has 2 atom stereocenters. The molecular weight excluding hydrogens is 208 g/mol. The Hall–Kier alpha value is -1.02. The highest BCUT2D eigenvalue weighted by atomic mass is 15.1. The third-order valence-corrected chi connectivity index (χ3v) is 3.76. The normalized spacial score (nSPS) is 21.1. The van der Waals surface area contributed by atoms with Gasteiger partial charge >= 0.3 is 0 Å². The van der Waals surface area contributed by atoms with Crippen LogP contribution in [-0.4, -0.2) is 26.2 Å². The van der Waals surface area contributed by atoms with Crippen molar-refractivity contribution in [2.24, 2.45) is 5.92 Å². The Morgan fingerprint density at radius 1 is 1.41 bits per heavy atom. The van der Waals surface area contributed by atoms with Crippen LogP contribution in [0.5, 0.6) is 0 Å². The van der Waals surface area contributed by atoms with Gasteiger partial charge in [0.25, 0.3) is 0 Å². The average Bonchev–Trinajstić information content (AvgIpc) is 2.35.